The molecule has 2 heteroatoms. The van der Waals surface area contributed by atoms with Gasteiger partial charge in [-0.3, -0.25) is 5.32 Å². The molecule has 0 saturated carbocycles. The van der Waals surface area contributed by atoms with Gasteiger partial charge in [0.1, 0.15) is 0 Å². The normalized spacial score (nSPS) is 15.2. The van der Waals surface area contributed by atoms with Crippen LogP contribution < -0.4 is 10.6 Å². The number of nitrogens with one attached hydrogen (secondary N) is 2. The van der Waals surface area contributed by atoms with Crippen LogP contribution in [0.3, 0.4) is 0 Å². The second-order valence-corrected chi connectivity index (χ2v) is 5.92. The first kappa shape index (κ1) is 13.9. The Labute approximate surface area is 89.9 Å². The Bertz CT molecular complexity index is 145. The Balaban J connectivity index is 4.03. The second kappa shape index (κ2) is 5.72. The van der Waals surface area contributed by atoms with E-state index in [0.717, 1.165) is 6.54 Å². The van der Waals surface area contributed by atoms with E-state index in [0.29, 0.717) is 18.0 Å². The van der Waals surface area contributed by atoms with E-state index >= 15 is 0 Å². The highest BCUT2D eigenvalue weighted by Gasteiger charge is 2.19. The molecule has 14 heavy (non-hydrogen) atoms. The van der Waals surface area contributed by atoms with E-state index in [-0.39, 0.29) is 5.54 Å². The zero-order chi connectivity index (χ0) is 11.4. The quantitative estimate of drug-likeness (QED) is 0.667. The molecule has 0 aromatic heterocycles. The van der Waals surface area contributed by atoms with Gasteiger partial charge in [0.05, 0.1) is 6.17 Å². The summed E-state index contributed by atoms with van der Waals surface area (Å²) in [6.07, 6.45) is 0.414. The maximum atomic E-state index is 3.60. The molecular weight excluding hydrogens is 172 g/mol. The van der Waals surface area contributed by atoms with Gasteiger partial charge in [-0.2, -0.15) is 0 Å². The van der Waals surface area contributed by atoms with Crippen molar-refractivity contribution >= 4 is 0 Å². The van der Waals surface area contributed by atoms with Gasteiger partial charge in [-0.05, 0) is 39.2 Å². The Morgan fingerprint density at radius 1 is 1.00 bits per heavy atom. The van der Waals surface area contributed by atoms with Gasteiger partial charge in [-0.25, -0.2) is 0 Å². The lowest BCUT2D eigenvalue weighted by molar-refractivity contribution is 0.255. The van der Waals surface area contributed by atoms with E-state index in [1.807, 2.05) is 0 Å². The second-order valence-electron chi connectivity index (χ2n) is 5.92. The van der Waals surface area contributed by atoms with Crippen LogP contribution in [0.15, 0.2) is 0 Å². The standard InChI is InChI=1S/C12H28N2/c1-9(2)8-13-11(10(3)4)14-12(5,6)7/h9-11,13-14H,8H2,1-7H3. The molecule has 0 heterocycles. The van der Waals surface area contributed by atoms with Gasteiger partial charge in [-0.15, -0.1) is 0 Å². The third-order valence-electron chi connectivity index (χ3n) is 2.00. The lowest BCUT2D eigenvalue weighted by Gasteiger charge is -2.32. The summed E-state index contributed by atoms with van der Waals surface area (Å²) in [6.45, 7) is 16.7. The molecule has 2 nitrogen and oxygen atoms in total. The molecule has 0 saturated heterocycles. The van der Waals surface area contributed by atoms with Crippen molar-refractivity contribution in [1.82, 2.24) is 10.6 Å². The fourth-order valence-corrected chi connectivity index (χ4v) is 1.28. The van der Waals surface area contributed by atoms with Gasteiger partial charge in [-0.1, -0.05) is 27.7 Å². The predicted molar refractivity (Wildman–Crippen MR) is 64.4 cm³/mol. The number of rotatable bonds is 5. The van der Waals surface area contributed by atoms with E-state index in [9.17, 15) is 0 Å². The maximum absolute atomic E-state index is 3.60. The van der Waals surface area contributed by atoms with Gasteiger partial charge >= 0.3 is 0 Å². The molecule has 0 aliphatic rings. The lowest BCUT2D eigenvalue weighted by atomic mass is 10.0. The molecule has 0 rings (SSSR count). The van der Waals surface area contributed by atoms with Crippen LogP contribution in [0.2, 0.25) is 0 Å². The minimum atomic E-state index is 0.179. The fourth-order valence-electron chi connectivity index (χ4n) is 1.28. The zero-order valence-electron chi connectivity index (χ0n) is 10.9. The summed E-state index contributed by atoms with van der Waals surface area (Å²) in [7, 11) is 0. The highest BCUT2D eigenvalue weighted by molar-refractivity contribution is 4.78. The molecule has 0 aliphatic carbocycles. The van der Waals surface area contributed by atoms with Crippen LogP contribution in [0.5, 0.6) is 0 Å². The average Bonchev–Trinajstić information content (AvgIpc) is 1.94. The summed E-state index contributed by atoms with van der Waals surface area (Å²) in [5, 5.41) is 7.16. The average molecular weight is 200 g/mol. The molecule has 1 atom stereocenters. The minimum Gasteiger partial charge on any atom is -0.301 e. The summed E-state index contributed by atoms with van der Waals surface area (Å²) in [5.74, 6) is 1.32. The molecule has 0 amide bonds. The Morgan fingerprint density at radius 3 is 1.79 bits per heavy atom. The molecule has 0 bridgehead atoms. The van der Waals surface area contributed by atoms with Crippen LogP contribution in [0.25, 0.3) is 0 Å². The van der Waals surface area contributed by atoms with Gasteiger partial charge in [0, 0.05) is 5.54 Å². The van der Waals surface area contributed by atoms with Crippen LogP contribution in [-0.4, -0.2) is 18.2 Å². The van der Waals surface area contributed by atoms with E-state index < -0.39 is 0 Å². The molecule has 2 N–H and O–H groups in total. The molecule has 0 radical (unpaired) electrons. The van der Waals surface area contributed by atoms with Gasteiger partial charge in [0.25, 0.3) is 0 Å². The molecule has 0 aromatic carbocycles. The van der Waals surface area contributed by atoms with Crippen molar-refractivity contribution in [2.45, 2.75) is 60.2 Å². The zero-order valence-corrected chi connectivity index (χ0v) is 10.9. The van der Waals surface area contributed by atoms with Crippen molar-refractivity contribution in [1.29, 1.82) is 0 Å². The van der Waals surface area contributed by atoms with Crippen LogP contribution in [-0.2, 0) is 0 Å². The Morgan fingerprint density at radius 2 is 1.50 bits per heavy atom. The van der Waals surface area contributed by atoms with Crippen molar-refractivity contribution in [3.8, 4) is 0 Å². The number of hydrogen-bond donors (Lipinski definition) is 2. The van der Waals surface area contributed by atoms with Crippen molar-refractivity contribution in [3.63, 3.8) is 0 Å². The first-order valence-corrected chi connectivity index (χ1v) is 5.73. The van der Waals surface area contributed by atoms with E-state index in [1.165, 1.54) is 0 Å². The summed E-state index contributed by atoms with van der Waals surface area (Å²) in [6, 6.07) is 0. The van der Waals surface area contributed by atoms with E-state index in [4.69, 9.17) is 0 Å². The summed E-state index contributed by atoms with van der Waals surface area (Å²) >= 11 is 0. The topological polar surface area (TPSA) is 24.1 Å². The minimum absolute atomic E-state index is 0.179. The van der Waals surface area contributed by atoms with E-state index in [2.05, 4.69) is 59.1 Å². The molecule has 0 fully saturated rings. The molecule has 86 valence electrons. The molecule has 0 aromatic rings. The van der Waals surface area contributed by atoms with Crippen LogP contribution >= 0.6 is 0 Å². The third kappa shape index (κ3) is 7.34. The molecule has 1 unspecified atom stereocenters. The van der Waals surface area contributed by atoms with Crippen LogP contribution in [0, 0.1) is 11.8 Å². The van der Waals surface area contributed by atoms with Crippen LogP contribution in [0.1, 0.15) is 48.5 Å². The van der Waals surface area contributed by atoms with Crippen molar-refractivity contribution in [2.75, 3.05) is 6.54 Å². The molecule has 0 spiro atoms. The van der Waals surface area contributed by atoms with Crippen molar-refractivity contribution < 1.29 is 0 Å². The summed E-state index contributed by atoms with van der Waals surface area (Å²) in [5.41, 5.74) is 0.179. The first-order chi connectivity index (χ1) is 6.22. The predicted octanol–water partition coefficient (Wildman–Crippen LogP) is 2.60. The molecule has 0 aliphatic heterocycles. The lowest BCUT2D eigenvalue weighted by Crippen LogP contribution is -2.54. The SMILES string of the molecule is CC(C)CNC(NC(C)(C)C)C(C)C. The smallest absolute Gasteiger partial charge is 0.0599 e. The van der Waals surface area contributed by atoms with Gasteiger partial charge < -0.3 is 5.32 Å². The maximum Gasteiger partial charge on any atom is 0.0599 e. The highest BCUT2D eigenvalue weighted by Crippen LogP contribution is 2.06. The summed E-state index contributed by atoms with van der Waals surface area (Å²) < 4.78 is 0. The van der Waals surface area contributed by atoms with Gasteiger partial charge in [0.2, 0.25) is 0 Å². The first-order valence-electron chi connectivity index (χ1n) is 5.73. The van der Waals surface area contributed by atoms with Crippen molar-refractivity contribution in [2.24, 2.45) is 11.8 Å². The van der Waals surface area contributed by atoms with Gasteiger partial charge in [0.15, 0.2) is 0 Å². The summed E-state index contributed by atoms with van der Waals surface area (Å²) in [4.78, 5) is 0. The Kier molecular flexibility index (Phi) is 5.68. The van der Waals surface area contributed by atoms with E-state index in [1.54, 1.807) is 0 Å². The monoisotopic (exact) mass is 200 g/mol. The number of hydrogen-bond acceptors (Lipinski definition) is 2. The highest BCUT2D eigenvalue weighted by atomic mass is 15.2. The largest absolute Gasteiger partial charge is 0.301 e. The van der Waals surface area contributed by atoms with Crippen LogP contribution in [0.4, 0.5) is 0 Å². The van der Waals surface area contributed by atoms with Crippen molar-refractivity contribution in [3.05, 3.63) is 0 Å². The fraction of sp³-hybridized carbons (Fsp3) is 1.00. The molecular formula is C12H28N2. The third-order valence-corrected chi connectivity index (χ3v) is 2.00. The Hall–Kier alpha value is -0.0800.